The van der Waals surface area contributed by atoms with Crippen molar-refractivity contribution in [1.29, 1.82) is 0 Å². The van der Waals surface area contributed by atoms with Gasteiger partial charge in [-0.05, 0) is 36.5 Å². The molecule has 2 saturated carbocycles. The molecule has 0 aliphatic heterocycles. The van der Waals surface area contributed by atoms with Crippen molar-refractivity contribution < 1.29 is 5.11 Å². The highest BCUT2D eigenvalue weighted by Crippen LogP contribution is 2.62. The largest absolute Gasteiger partial charge is 0.377 e. The van der Waals surface area contributed by atoms with Crippen LogP contribution in [0.3, 0.4) is 0 Å². The summed E-state index contributed by atoms with van der Waals surface area (Å²) >= 11 is 0. The van der Waals surface area contributed by atoms with Gasteiger partial charge in [0.15, 0.2) is 0 Å². The van der Waals surface area contributed by atoms with Gasteiger partial charge in [0.1, 0.15) is 5.60 Å². The fourth-order valence-corrected chi connectivity index (χ4v) is 3.81. The zero-order valence-corrected chi connectivity index (χ0v) is 11.7. The number of aliphatic hydroxyl groups is 1. The van der Waals surface area contributed by atoms with Crippen LogP contribution < -0.4 is 0 Å². The molecule has 2 bridgehead atoms. The van der Waals surface area contributed by atoms with Crippen LogP contribution in [0.2, 0.25) is 0 Å². The van der Waals surface area contributed by atoms with E-state index >= 15 is 0 Å². The second kappa shape index (κ2) is 4.32. The third-order valence-electron chi connectivity index (χ3n) is 5.50. The van der Waals surface area contributed by atoms with Crippen molar-refractivity contribution >= 4 is 0 Å². The van der Waals surface area contributed by atoms with Crippen LogP contribution in [0.4, 0.5) is 0 Å². The number of rotatable bonds is 2. The lowest BCUT2D eigenvalue weighted by molar-refractivity contribution is -0.0250. The van der Waals surface area contributed by atoms with Gasteiger partial charge in [0, 0.05) is 12.3 Å². The minimum Gasteiger partial charge on any atom is -0.377 e. The molecule has 0 aromatic heterocycles. The third kappa shape index (κ3) is 2.02. The fraction of sp³-hybridized carbons (Fsp3) is 0.875. The molecule has 1 nitrogen and oxygen atoms in total. The van der Waals surface area contributed by atoms with Crippen LogP contribution in [0.15, 0.2) is 0 Å². The van der Waals surface area contributed by atoms with Gasteiger partial charge in [0.2, 0.25) is 0 Å². The first kappa shape index (κ1) is 13.0. The maximum Gasteiger partial charge on any atom is 0.128 e. The lowest BCUT2D eigenvalue weighted by Crippen LogP contribution is -2.44. The van der Waals surface area contributed by atoms with Crippen LogP contribution >= 0.6 is 0 Å². The smallest absolute Gasteiger partial charge is 0.128 e. The quantitative estimate of drug-likeness (QED) is 0.571. The van der Waals surface area contributed by atoms with Crippen molar-refractivity contribution in [2.24, 2.45) is 23.2 Å². The zero-order valence-electron chi connectivity index (χ0n) is 11.7. The molecule has 96 valence electrons. The second-order valence-electron chi connectivity index (χ2n) is 6.68. The molecule has 0 amide bonds. The summed E-state index contributed by atoms with van der Waals surface area (Å²) in [6.45, 7) is 9.18. The van der Waals surface area contributed by atoms with Crippen LogP contribution in [0.1, 0.15) is 59.8 Å². The zero-order chi connectivity index (χ0) is 12.7. The average Bonchev–Trinajstić information content (AvgIpc) is 2.71. The molecule has 0 aromatic rings. The molecule has 2 aliphatic rings. The molecule has 0 radical (unpaired) electrons. The fourth-order valence-electron chi connectivity index (χ4n) is 3.81. The van der Waals surface area contributed by atoms with Crippen molar-refractivity contribution in [1.82, 2.24) is 0 Å². The Balaban J connectivity index is 2.08. The van der Waals surface area contributed by atoms with Gasteiger partial charge in [-0.25, -0.2) is 0 Å². The Hall–Kier alpha value is -0.480. The molecule has 17 heavy (non-hydrogen) atoms. The Bertz CT molecular complexity index is 342. The minimum atomic E-state index is -0.673. The third-order valence-corrected chi connectivity index (χ3v) is 5.50. The molecule has 2 aliphatic carbocycles. The average molecular weight is 234 g/mol. The summed E-state index contributed by atoms with van der Waals surface area (Å²) in [7, 11) is 0. The van der Waals surface area contributed by atoms with E-state index in [1.165, 1.54) is 12.8 Å². The lowest BCUT2D eigenvalue weighted by Gasteiger charge is -2.42. The lowest BCUT2D eigenvalue weighted by atomic mass is 9.65. The van der Waals surface area contributed by atoms with Crippen molar-refractivity contribution in [2.45, 2.75) is 65.4 Å². The summed E-state index contributed by atoms with van der Waals surface area (Å²) in [5, 5.41) is 10.7. The van der Waals surface area contributed by atoms with E-state index in [-0.39, 0.29) is 0 Å². The maximum atomic E-state index is 10.7. The first-order chi connectivity index (χ1) is 7.92. The molecular formula is C16H26O. The predicted molar refractivity (Wildman–Crippen MR) is 71.4 cm³/mol. The molecule has 2 fully saturated rings. The van der Waals surface area contributed by atoms with Gasteiger partial charge in [-0.1, -0.05) is 40.0 Å². The van der Waals surface area contributed by atoms with Gasteiger partial charge >= 0.3 is 0 Å². The molecule has 1 heteroatoms. The first-order valence-corrected chi connectivity index (χ1v) is 7.14. The van der Waals surface area contributed by atoms with Gasteiger partial charge in [0.05, 0.1) is 0 Å². The molecule has 0 heterocycles. The van der Waals surface area contributed by atoms with Crippen LogP contribution in [0.25, 0.3) is 0 Å². The molecule has 0 unspecified atom stereocenters. The van der Waals surface area contributed by atoms with Gasteiger partial charge in [-0.3, -0.25) is 0 Å². The van der Waals surface area contributed by atoms with E-state index in [0.717, 1.165) is 19.3 Å². The van der Waals surface area contributed by atoms with Crippen molar-refractivity contribution in [3.05, 3.63) is 0 Å². The highest BCUT2D eigenvalue weighted by Gasteiger charge is 2.60. The van der Waals surface area contributed by atoms with E-state index in [0.29, 0.717) is 23.2 Å². The number of unbranched alkanes of at least 4 members (excludes halogenated alkanes) is 2. The molecular weight excluding hydrogens is 208 g/mol. The number of hydrogen-bond donors (Lipinski definition) is 1. The summed E-state index contributed by atoms with van der Waals surface area (Å²) in [6.07, 6.45) is 5.34. The Morgan fingerprint density at radius 1 is 1.35 bits per heavy atom. The van der Waals surface area contributed by atoms with Crippen LogP contribution in [-0.2, 0) is 0 Å². The minimum absolute atomic E-state index is 0.391. The van der Waals surface area contributed by atoms with E-state index in [1.54, 1.807) is 0 Å². The molecule has 4 atom stereocenters. The molecule has 0 aromatic carbocycles. The van der Waals surface area contributed by atoms with Crippen LogP contribution in [0.5, 0.6) is 0 Å². The monoisotopic (exact) mass is 234 g/mol. The van der Waals surface area contributed by atoms with Gasteiger partial charge in [-0.2, -0.15) is 0 Å². The number of fused-ring (bicyclic) bond motifs is 2. The van der Waals surface area contributed by atoms with Gasteiger partial charge in [-0.15, -0.1) is 5.92 Å². The topological polar surface area (TPSA) is 20.2 Å². The van der Waals surface area contributed by atoms with Gasteiger partial charge < -0.3 is 5.11 Å². The van der Waals surface area contributed by atoms with Crippen molar-refractivity contribution in [2.75, 3.05) is 0 Å². The van der Waals surface area contributed by atoms with Crippen molar-refractivity contribution in [3.8, 4) is 11.8 Å². The van der Waals surface area contributed by atoms with Crippen molar-refractivity contribution in [3.63, 3.8) is 0 Å². The van der Waals surface area contributed by atoms with E-state index in [4.69, 9.17) is 0 Å². The maximum absolute atomic E-state index is 10.7. The van der Waals surface area contributed by atoms with E-state index in [2.05, 4.69) is 39.5 Å². The van der Waals surface area contributed by atoms with Crippen LogP contribution in [-0.4, -0.2) is 10.7 Å². The molecule has 0 spiro atoms. The van der Waals surface area contributed by atoms with E-state index in [9.17, 15) is 5.11 Å². The highest BCUT2D eigenvalue weighted by molar-refractivity contribution is 5.24. The highest BCUT2D eigenvalue weighted by atomic mass is 16.3. The second-order valence-corrected chi connectivity index (χ2v) is 6.68. The molecule has 1 N–H and O–H groups in total. The summed E-state index contributed by atoms with van der Waals surface area (Å²) < 4.78 is 0. The van der Waals surface area contributed by atoms with E-state index in [1.807, 2.05) is 0 Å². The predicted octanol–water partition coefficient (Wildman–Crippen LogP) is 3.61. The Labute approximate surface area is 106 Å². The summed E-state index contributed by atoms with van der Waals surface area (Å²) in [5.74, 6) is 8.05. The van der Waals surface area contributed by atoms with E-state index < -0.39 is 5.60 Å². The summed E-state index contributed by atoms with van der Waals surface area (Å²) in [6, 6.07) is 0. The van der Waals surface area contributed by atoms with Gasteiger partial charge in [0.25, 0.3) is 0 Å². The first-order valence-electron chi connectivity index (χ1n) is 7.14. The Morgan fingerprint density at radius 3 is 2.59 bits per heavy atom. The molecule has 2 rings (SSSR count). The van der Waals surface area contributed by atoms with Crippen LogP contribution in [0, 0.1) is 35.0 Å². The SMILES string of the molecule is CCCCC#C[C@]1(O)C[C@H]2C[C@H]1[C@@H](C)C2(C)C. The molecule has 0 saturated heterocycles. The summed E-state index contributed by atoms with van der Waals surface area (Å²) in [5.41, 5.74) is -0.282. The Kier molecular flexibility index (Phi) is 3.29. The standard InChI is InChI=1S/C16H26O/c1-5-6-7-8-9-16(17)11-13-10-14(16)12(2)15(13,3)4/h12-14,17H,5-7,10-11H2,1-4H3/t12-,13-,14+,16+/m1/s1. The normalized spacial score (nSPS) is 42.3. The Morgan fingerprint density at radius 2 is 2.06 bits per heavy atom. The number of hydrogen-bond acceptors (Lipinski definition) is 1. The summed E-state index contributed by atoms with van der Waals surface area (Å²) in [4.78, 5) is 0.